The third-order valence-electron chi connectivity index (χ3n) is 11.4. The average molecular weight is 828 g/mol. The molecule has 1 amide bonds. The number of hydrogen-bond donors (Lipinski definition) is 3. The lowest BCUT2D eigenvalue weighted by molar-refractivity contribution is -0.151. The summed E-state index contributed by atoms with van der Waals surface area (Å²) in [4.78, 5) is 26.0. The van der Waals surface area contributed by atoms with Crippen LogP contribution in [0.4, 0.5) is 0 Å². The molecule has 0 saturated carbocycles. The quantitative estimate of drug-likeness (QED) is 0.0323. The van der Waals surface area contributed by atoms with Gasteiger partial charge >= 0.3 is 5.97 Å². The Bertz CT molecular complexity index is 1020. The first kappa shape index (κ1) is 56.8. The van der Waals surface area contributed by atoms with Crippen molar-refractivity contribution in [2.45, 2.75) is 270 Å². The van der Waals surface area contributed by atoms with E-state index in [1.54, 1.807) is 0 Å². The smallest absolute Gasteiger partial charge is 0.306 e. The van der Waals surface area contributed by atoms with Crippen molar-refractivity contribution in [3.8, 4) is 0 Å². The summed E-state index contributed by atoms with van der Waals surface area (Å²) in [6.45, 7) is 6.34. The van der Waals surface area contributed by atoms with Gasteiger partial charge in [0, 0.05) is 6.42 Å². The van der Waals surface area contributed by atoms with E-state index in [-0.39, 0.29) is 24.9 Å². The monoisotopic (exact) mass is 828 g/mol. The summed E-state index contributed by atoms with van der Waals surface area (Å²) in [6.07, 6.45) is 56.1. The molecular formula is C53H97NO5. The molecule has 0 radical (unpaired) electrons. The molecule has 3 N–H and O–H groups in total. The van der Waals surface area contributed by atoms with E-state index in [9.17, 15) is 19.8 Å². The molecule has 0 aliphatic carbocycles. The summed E-state index contributed by atoms with van der Waals surface area (Å²) in [5, 5.41) is 23.7. The SMILES string of the molecule is CC/C=C/C/C=C/C/C=C/C/C=C/CCCCCC(=O)OC(CCCCCCCCC)CC(=O)NC(CO)C(O)CCCCCCCCCCCCCCCCCCC. The second kappa shape index (κ2) is 46.9. The molecule has 0 spiro atoms. The highest BCUT2D eigenvalue weighted by atomic mass is 16.5. The van der Waals surface area contributed by atoms with Crippen LogP contribution in [-0.4, -0.2) is 46.9 Å². The summed E-state index contributed by atoms with van der Waals surface area (Å²) in [5.41, 5.74) is 0. The second-order valence-electron chi connectivity index (χ2n) is 17.2. The Morgan fingerprint density at radius 2 is 0.915 bits per heavy atom. The third kappa shape index (κ3) is 42.3. The van der Waals surface area contributed by atoms with Gasteiger partial charge in [-0.3, -0.25) is 9.59 Å². The van der Waals surface area contributed by atoms with Gasteiger partial charge < -0.3 is 20.3 Å². The fraction of sp³-hybridized carbons (Fsp3) is 0.811. The second-order valence-corrected chi connectivity index (χ2v) is 17.2. The standard InChI is InChI=1S/C53H97NO5/c1-4-7-10-13-16-18-20-22-24-26-27-29-31-33-36-39-42-45-51(56)50(48-55)54-52(57)47-49(44-41-38-35-15-12-9-6-3)59-53(58)46-43-40-37-34-32-30-28-25-23-21-19-17-14-11-8-5-2/h8,11,17,19,23,25,30,32,49-51,55-56H,4-7,9-10,12-16,18,20-22,24,26-29,31,33-48H2,1-3H3,(H,54,57)/b11-8+,19-17+,25-23+,32-30+. The molecule has 3 atom stereocenters. The number of hydrogen-bond acceptors (Lipinski definition) is 5. The van der Waals surface area contributed by atoms with Crippen LogP contribution in [0.25, 0.3) is 0 Å². The highest BCUT2D eigenvalue weighted by Crippen LogP contribution is 2.18. The normalized spacial score (nSPS) is 13.6. The number of aliphatic hydroxyl groups is 2. The summed E-state index contributed by atoms with van der Waals surface area (Å²) in [5.74, 6) is -0.511. The van der Waals surface area contributed by atoms with Gasteiger partial charge in [0.1, 0.15) is 6.10 Å². The van der Waals surface area contributed by atoms with E-state index in [1.165, 1.54) is 116 Å². The van der Waals surface area contributed by atoms with Crippen molar-refractivity contribution in [3.05, 3.63) is 48.6 Å². The van der Waals surface area contributed by atoms with Gasteiger partial charge in [-0.1, -0.05) is 223 Å². The molecule has 0 saturated heterocycles. The Labute approximate surface area is 366 Å². The number of ether oxygens (including phenoxy) is 1. The number of rotatable bonds is 45. The maximum atomic E-state index is 13.1. The minimum atomic E-state index is -0.791. The van der Waals surface area contributed by atoms with Crippen LogP contribution < -0.4 is 5.32 Å². The summed E-state index contributed by atoms with van der Waals surface area (Å²) >= 11 is 0. The van der Waals surface area contributed by atoms with E-state index >= 15 is 0 Å². The van der Waals surface area contributed by atoms with Crippen molar-refractivity contribution in [2.24, 2.45) is 0 Å². The lowest BCUT2D eigenvalue weighted by atomic mass is 10.0. The van der Waals surface area contributed by atoms with Gasteiger partial charge in [0.2, 0.25) is 5.91 Å². The molecule has 0 bridgehead atoms. The van der Waals surface area contributed by atoms with Gasteiger partial charge in [0.05, 0.1) is 25.2 Å². The fourth-order valence-electron chi connectivity index (χ4n) is 7.60. The van der Waals surface area contributed by atoms with Crippen LogP contribution in [0.1, 0.15) is 252 Å². The van der Waals surface area contributed by atoms with E-state index in [1.807, 2.05) is 0 Å². The molecule has 344 valence electrons. The average Bonchev–Trinajstić information content (AvgIpc) is 3.23. The summed E-state index contributed by atoms with van der Waals surface area (Å²) in [6, 6.07) is -0.705. The highest BCUT2D eigenvalue weighted by molar-refractivity contribution is 5.77. The first-order valence-electron chi connectivity index (χ1n) is 25.4. The first-order chi connectivity index (χ1) is 29.0. The zero-order valence-electron chi connectivity index (χ0n) is 39.1. The Morgan fingerprint density at radius 3 is 1.37 bits per heavy atom. The number of amides is 1. The molecule has 0 rings (SSSR count). The number of nitrogens with one attached hydrogen (secondary N) is 1. The van der Waals surface area contributed by atoms with Crippen molar-refractivity contribution in [3.63, 3.8) is 0 Å². The first-order valence-corrected chi connectivity index (χ1v) is 25.4. The third-order valence-corrected chi connectivity index (χ3v) is 11.4. The lowest BCUT2D eigenvalue weighted by Gasteiger charge is -2.24. The van der Waals surface area contributed by atoms with Gasteiger partial charge in [0.15, 0.2) is 0 Å². The molecule has 0 aromatic carbocycles. The topological polar surface area (TPSA) is 95.9 Å². The molecule has 59 heavy (non-hydrogen) atoms. The molecular weight excluding hydrogens is 731 g/mol. The van der Waals surface area contributed by atoms with Gasteiger partial charge in [-0.25, -0.2) is 0 Å². The van der Waals surface area contributed by atoms with Crippen LogP contribution in [0.15, 0.2) is 48.6 Å². The number of unbranched alkanes of at least 4 members (excludes halogenated alkanes) is 25. The van der Waals surface area contributed by atoms with E-state index in [4.69, 9.17) is 4.74 Å². The van der Waals surface area contributed by atoms with Crippen molar-refractivity contribution in [2.75, 3.05) is 6.61 Å². The zero-order valence-corrected chi connectivity index (χ0v) is 39.1. The number of aliphatic hydroxyl groups excluding tert-OH is 2. The maximum absolute atomic E-state index is 13.1. The van der Waals surface area contributed by atoms with Crippen LogP contribution >= 0.6 is 0 Å². The van der Waals surface area contributed by atoms with Crippen molar-refractivity contribution < 1.29 is 24.5 Å². The number of carbonyl (C=O) groups is 2. The number of allylic oxidation sites excluding steroid dienone is 8. The van der Waals surface area contributed by atoms with E-state index < -0.39 is 18.2 Å². The summed E-state index contributed by atoms with van der Waals surface area (Å²) < 4.78 is 5.88. The van der Waals surface area contributed by atoms with Crippen molar-refractivity contribution in [1.82, 2.24) is 5.32 Å². The molecule has 0 aromatic rings. The largest absolute Gasteiger partial charge is 0.462 e. The Kier molecular flexibility index (Phi) is 45.1. The minimum absolute atomic E-state index is 0.0652. The molecule has 0 fully saturated rings. The molecule has 0 aliphatic heterocycles. The van der Waals surface area contributed by atoms with Crippen LogP contribution in [0.3, 0.4) is 0 Å². The van der Waals surface area contributed by atoms with Crippen LogP contribution in [0, 0.1) is 0 Å². The van der Waals surface area contributed by atoms with Gasteiger partial charge in [-0.2, -0.15) is 0 Å². The Morgan fingerprint density at radius 1 is 0.508 bits per heavy atom. The van der Waals surface area contributed by atoms with E-state index in [0.717, 1.165) is 89.9 Å². The predicted molar refractivity (Wildman–Crippen MR) is 255 cm³/mol. The van der Waals surface area contributed by atoms with Crippen LogP contribution in [0.2, 0.25) is 0 Å². The molecule has 3 unspecified atom stereocenters. The molecule has 6 nitrogen and oxygen atoms in total. The molecule has 6 heteroatoms. The Hall–Kier alpha value is -2.18. The van der Waals surface area contributed by atoms with Gasteiger partial charge in [0.25, 0.3) is 0 Å². The number of carbonyl (C=O) groups excluding carboxylic acids is 2. The van der Waals surface area contributed by atoms with E-state index in [0.29, 0.717) is 19.3 Å². The van der Waals surface area contributed by atoms with Crippen LogP contribution in [-0.2, 0) is 14.3 Å². The van der Waals surface area contributed by atoms with Gasteiger partial charge in [-0.05, 0) is 64.2 Å². The minimum Gasteiger partial charge on any atom is -0.462 e. The maximum Gasteiger partial charge on any atom is 0.306 e. The molecule has 0 heterocycles. The van der Waals surface area contributed by atoms with Gasteiger partial charge in [-0.15, -0.1) is 0 Å². The lowest BCUT2D eigenvalue weighted by Crippen LogP contribution is -2.46. The fourth-order valence-corrected chi connectivity index (χ4v) is 7.60. The van der Waals surface area contributed by atoms with E-state index in [2.05, 4.69) is 74.7 Å². The highest BCUT2D eigenvalue weighted by Gasteiger charge is 2.24. The molecule has 0 aliphatic rings. The van der Waals surface area contributed by atoms with Crippen molar-refractivity contribution >= 4 is 11.9 Å². The predicted octanol–water partition coefficient (Wildman–Crippen LogP) is 15.1. The van der Waals surface area contributed by atoms with Crippen molar-refractivity contribution in [1.29, 1.82) is 0 Å². The van der Waals surface area contributed by atoms with Crippen LogP contribution in [0.5, 0.6) is 0 Å². The summed E-state index contributed by atoms with van der Waals surface area (Å²) in [7, 11) is 0. The number of esters is 1. The molecule has 0 aromatic heterocycles. The Balaban J connectivity index is 4.38. The zero-order chi connectivity index (χ0) is 43.1.